The van der Waals surface area contributed by atoms with E-state index in [-0.39, 0.29) is 29.7 Å². The molecule has 11 heteroatoms. The maximum Gasteiger partial charge on any atom is 0.360 e. The normalized spacial score (nSPS) is 12.6. The van der Waals surface area contributed by atoms with Crippen LogP contribution in [0.25, 0.3) is 0 Å². The third kappa shape index (κ3) is 6.76. The van der Waals surface area contributed by atoms with Crippen LogP contribution in [0, 0.1) is 0 Å². The molecule has 44 heavy (non-hydrogen) atoms. The highest BCUT2D eigenvalue weighted by molar-refractivity contribution is 6.32. The quantitative estimate of drug-likeness (QED) is 0.104. The van der Waals surface area contributed by atoms with Crippen molar-refractivity contribution in [2.45, 2.75) is 24.9 Å². The Hall–Kier alpha value is -5.09. The van der Waals surface area contributed by atoms with E-state index in [4.69, 9.17) is 25.8 Å². The summed E-state index contributed by atoms with van der Waals surface area (Å²) in [5.74, 6) is -2.29. The van der Waals surface area contributed by atoms with Crippen LogP contribution in [0.4, 0.5) is 0 Å². The molecular formula is C33H30ClN3O7. The molecule has 10 nitrogen and oxygen atoms in total. The van der Waals surface area contributed by atoms with Crippen LogP contribution >= 0.6 is 11.6 Å². The van der Waals surface area contributed by atoms with Crippen molar-refractivity contribution in [2.75, 3.05) is 20.3 Å². The summed E-state index contributed by atoms with van der Waals surface area (Å²) < 4.78 is 17.3. The van der Waals surface area contributed by atoms with Gasteiger partial charge in [-0.2, -0.15) is 0 Å². The molecule has 3 aromatic carbocycles. The maximum atomic E-state index is 13.6. The first-order valence-corrected chi connectivity index (χ1v) is 14.0. The minimum atomic E-state index is -1.91. The minimum absolute atomic E-state index is 0.0259. The second kappa shape index (κ2) is 14.4. The molecule has 226 valence electrons. The molecule has 0 saturated heterocycles. The van der Waals surface area contributed by atoms with Crippen molar-refractivity contribution in [1.82, 2.24) is 4.98 Å². The number of ether oxygens (including phenoxy) is 3. The van der Waals surface area contributed by atoms with Crippen molar-refractivity contribution in [2.24, 2.45) is 10.4 Å². The number of hydrogen-bond acceptors (Lipinski definition) is 9. The molecule has 4 aromatic rings. The minimum Gasteiger partial charge on any atom is -0.475 e. The lowest BCUT2D eigenvalue weighted by Gasteiger charge is -2.32. The molecular weight excluding hydrogens is 586 g/mol. The Balaban J connectivity index is 1.64. The third-order valence-corrected chi connectivity index (χ3v) is 7.08. The van der Waals surface area contributed by atoms with Gasteiger partial charge in [-0.25, -0.2) is 14.6 Å². The maximum absolute atomic E-state index is 13.6. The Morgan fingerprint density at radius 1 is 0.864 bits per heavy atom. The third-order valence-electron chi connectivity index (χ3n) is 6.81. The van der Waals surface area contributed by atoms with Gasteiger partial charge in [-0.3, -0.25) is 4.79 Å². The van der Waals surface area contributed by atoms with Gasteiger partial charge in [0.25, 0.3) is 11.5 Å². The summed E-state index contributed by atoms with van der Waals surface area (Å²) in [5.41, 5.74) is -1.81. The summed E-state index contributed by atoms with van der Waals surface area (Å²) in [4.78, 5) is 48.9. The number of pyridine rings is 1. The molecule has 0 aliphatic heterocycles. The number of carbonyl (C=O) groups excluding carboxylic acids is 3. The Morgan fingerprint density at radius 3 is 1.91 bits per heavy atom. The van der Waals surface area contributed by atoms with Gasteiger partial charge in [0.15, 0.2) is 0 Å². The SMILES string of the molecule is CCOC(=O)C(OC(=O)c1cnc(OCC(C)(C(=O)N=NOC)c2ccccc2)c(Cl)c1)(c1ccccc1)c1ccccc1. The molecule has 0 aliphatic carbocycles. The second-order valence-corrected chi connectivity index (χ2v) is 10.1. The summed E-state index contributed by atoms with van der Waals surface area (Å²) in [6.07, 6.45) is 1.21. The second-order valence-electron chi connectivity index (χ2n) is 9.69. The standard InChI is InChI=1S/C33H30ClN3O7/c1-4-42-31(40)33(25-16-10-6-11-17-25,26-18-12-7-13-19-26)44-29(38)23-20-27(34)28(35-21-23)43-22-32(2,30(39)36-37-41-3)24-14-8-5-9-15-24/h5-21H,4,22H2,1-3H3. The fourth-order valence-electron chi connectivity index (χ4n) is 4.46. The summed E-state index contributed by atoms with van der Waals surface area (Å²) >= 11 is 6.50. The first-order chi connectivity index (χ1) is 21.3. The Kier molecular flexibility index (Phi) is 10.4. The molecule has 4 rings (SSSR count). The average molecular weight is 616 g/mol. The van der Waals surface area contributed by atoms with Crippen molar-refractivity contribution in [1.29, 1.82) is 0 Å². The average Bonchev–Trinajstić information content (AvgIpc) is 3.06. The lowest BCUT2D eigenvalue weighted by molar-refractivity contribution is -0.162. The van der Waals surface area contributed by atoms with Gasteiger partial charge in [0, 0.05) is 22.6 Å². The molecule has 1 amide bonds. The molecule has 0 aliphatic rings. The number of esters is 2. The first-order valence-electron chi connectivity index (χ1n) is 13.6. The van der Waals surface area contributed by atoms with E-state index in [0.717, 1.165) is 0 Å². The zero-order valence-corrected chi connectivity index (χ0v) is 25.1. The largest absolute Gasteiger partial charge is 0.475 e. The van der Waals surface area contributed by atoms with E-state index in [9.17, 15) is 14.4 Å². The van der Waals surface area contributed by atoms with Crippen molar-refractivity contribution in [3.8, 4) is 5.88 Å². The highest BCUT2D eigenvalue weighted by atomic mass is 35.5. The van der Waals surface area contributed by atoms with Crippen LogP contribution in [0.1, 0.15) is 40.9 Å². The summed E-state index contributed by atoms with van der Waals surface area (Å²) in [5, 5.41) is 6.94. The van der Waals surface area contributed by atoms with E-state index >= 15 is 0 Å². The van der Waals surface area contributed by atoms with Crippen LogP contribution in [0.3, 0.4) is 0 Å². The van der Waals surface area contributed by atoms with E-state index in [1.807, 2.05) is 6.07 Å². The number of halogens is 1. The van der Waals surface area contributed by atoms with E-state index in [1.54, 1.807) is 98.8 Å². The van der Waals surface area contributed by atoms with Crippen LogP contribution in [-0.4, -0.2) is 43.2 Å². The summed E-state index contributed by atoms with van der Waals surface area (Å²) in [6, 6.07) is 27.4. The van der Waals surface area contributed by atoms with Crippen molar-refractivity contribution >= 4 is 29.4 Å². The number of aromatic nitrogens is 1. The highest BCUT2D eigenvalue weighted by Crippen LogP contribution is 2.37. The van der Waals surface area contributed by atoms with E-state index < -0.39 is 28.9 Å². The van der Waals surface area contributed by atoms with Gasteiger partial charge in [0.2, 0.25) is 5.88 Å². The lowest BCUT2D eigenvalue weighted by Crippen LogP contribution is -2.43. The van der Waals surface area contributed by atoms with Crippen LogP contribution in [-0.2, 0) is 34.9 Å². The molecule has 1 aromatic heterocycles. The molecule has 0 saturated carbocycles. The molecule has 1 atom stereocenters. The van der Waals surface area contributed by atoms with Gasteiger partial charge in [0.1, 0.15) is 24.2 Å². The van der Waals surface area contributed by atoms with Crippen LogP contribution in [0.2, 0.25) is 5.02 Å². The summed E-state index contributed by atoms with van der Waals surface area (Å²) in [6.45, 7) is 3.17. The zero-order chi connectivity index (χ0) is 31.6. The number of rotatable bonds is 12. The van der Waals surface area contributed by atoms with Gasteiger partial charge in [-0.05, 0) is 25.5 Å². The monoisotopic (exact) mass is 615 g/mol. The van der Waals surface area contributed by atoms with Crippen LogP contribution < -0.4 is 4.74 Å². The molecule has 0 spiro atoms. The van der Waals surface area contributed by atoms with Gasteiger partial charge in [-0.1, -0.05) is 108 Å². The Labute approximate surface area is 259 Å². The van der Waals surface area contributed by atoms with Crippen LogP contribution in [0.5, 0.6) is 5.88 Å². The first kappa shape index (κ1) is 31.8. The van der Waals surface area contributed by atoms with Crippen molar-refractivity contribution in [3.05, 3.63) is 131 Å². The number of amides is 1. The number of nitrogens with zero attached hydrogens (tertiary/aromatic N) is 3. The molecule has 1 heterocycles. The Bertz CT molecular complexity index is 1580. The Morgan fingerprint density at radius 2 is 1.41 bits per heavy atom. The fourth-order valence-corrected chi connectivity index (χ4v) is 4.68. The molecule has 1 unspecified atom stereocenters. The number of hydrogen-bond donors (Lipinski definition) is 0. The lowest BCUT2D eigenvalue weighted by atomic mass is 9.82. The molecule has 0 N–H and O–H groups in total. The van der Waals surface area contributed by atoms with Crippen molar-refractivity contribution < 1.29 is 33.4 Å². The highest BCUT2D eigenvalue weighted by Gasteiger charge is 2.48. The number of carbonyl (C=O) groups is 3. The van der Waals surface area contributed by atoms with E-state index in [2.05, 4.69) is 20.2 Å². The summed E-state index contributed by atoms with van der Waals surface area (Å²) in [7, 11) is 1.28. The van der Waals surface area contributed by atoms with E-state index in [1.165, 1.54) is 19.4 Å². The predicted octanol–water partition coefficient (Wildman–Crippen LogP) is 6.28. The van der Waals surface area contributed by atoms with E-state index in [0.29, 0.717) is 16.7 Å². The van der Waals surface area contributed by atoms with Gasteiger partial charge < -0.3 is 19.0 Å². The smallest absolute Gasteiger partial charge is 0.360 e. The van der Waals surface area contributed by atoms with Gasteiger partial charge in [0.05, 0.1) is 12.2 Å². The molecule has 0 bridgehead atoms. The topological polar surface area (TPSA) is 126 Å². The van der Waals surface area contributed by atoms with Crippen LogP contribution in [0.15, 0.2) is 114 Å². The van der Waals surface area contributed by atoms with Gasteiger partial charge >= 0.3 is 11.9 Å². The van der Waals surface area contributed by atoms with Crippen molar-refractivity contribution in [3.63, 3.8) is 0 Å². The molecule has 0 fully saturated rings. The number of benzene rings is 3. The van der Waals surface area contributed by atoms with Gasteiger partial charge in [-0.15, -0.1) is 0 Å². The zero-order valence-electron chi connectivity index (χ0n) is 24.3. The fraction of sp³-hybridized carbons (Fsp3) is 0.212. The predicted molar refractivity (Wildman–Crippen MR) is 161 cm³/mol. The molecule has 0 radical (unpaired) electrons.